The number of nitrogens with zero attached hydrogens (tertiary/aromatic N) is 1. The molecule has 0 saturated heterocycles. The highest BCUT2D eigenvalue weighted by molar-refractivity contribution is 9.10. The normalized spacial score (nSPS) is 11.4. The van der Waals surface area contributed by atoms with Gasteiger partial charge in [-0.15, -0.1) is 0 Å². The standard InChI is InChI=1S/C12H10BrClFN/c1-6(2)11-8-3-7(14)4-10(15)12(8)16-5-9(11)13/h3-6H,1-2H3. The molecule has 0 amide bonds. The first-order valence-electron chi connectivity index (χ1n) is 4.94. The van der Waals surface area contributed by atoms with E-state index >= 15 is 0 Å². The molecule has 0 aliphatic carbocycles. The van der Waals surface area contributed by atoms with Crippen LogP contribution in [0.4, 0.5) is 4.39 Å². The van der Waals surface area contributed by atoms with Gasteiger partial charge < -0.3 is 0 Å². The Morgan fingerprint density at radius 1 is 1.38 bits per heavy atom. The zero-order chi connectivity index (χ0) is 11.9. The lowest BCUT2D eigenvalue weighted by atomic mass is 9.99. The summed E-state index contributed by atoms with van der Waals surface area (Å²) in [4.78, 5) is 4.08. The summed E-state index contributed by atoms with van der Waals surface area (Å²) in [6.45, 7) is 4.11. The second kappa shape index (κ2) is 4.30. The third-order valence-electron chi connectivity index (χ3n) is 2.46. The van der Waals surface area contributed by atoms with Crippen molar-refractivity contribution in [1.82, 2.24) is 4.98 Å². The fraction of sp³-hybridized carbons (Fsp3) is 0.250. The molecule has 0 bridgehead atoms. The van der Waals surface area contributed by atoms with E-state index in [0.717, 1.165) is 15.4 Å². The Hall–Kier alpha value is -0.670. The van der Waals surface area contributed by atoms with Crippen molar-refractivity contribution in [1.29, 1.82) is 0 Å². The van der Waals surface area contributed by atoms with Crippen LogP contribution in [-0.2, 0) is 0 Å². The van der Waals surface area contributed by atoms with E-state index in [4.69, 9.17) is 11.6 Å². The van der Waals surface area contributed by atoms with Gasteiger partial charge in [0.1, 0.15) is 5.52 Å². The summed E-state index contributed by atoms with van der Waals surface area (Å²) in [5.41, 5.74) is 1.41. The van der Waals surface area contributed by atoms with Crippen molar-refractivity contribution in [3.05, 3.63) is 39.2 Å². The molecule has 2 aromatic rings. The maximum absolute atomic E-state index is 13.7. The summed E-state index contributed by atoms with van der Waals surface area (Å²) >= 11 is 9.31. The van der Waals surface area contributed by atoms with Gasteiger partial charge in [0.25, 0.3) is 0 Å². The highest BCUT2D eigenvalue weighted by Crippen LogP contribution is 2.33. The topological polar surface area (TPSA) is 12.9 Å². The van der Waals surface area contributed by atoms with Gasteiger partial charge in [-0.25, -0.2) is 4.39 Å². The van der Waals surface area contributed by atoms with Crippen LogP contribution in [0.1, 0.15) is 25.3 Å². The minimum Gasteiger partial charge on any atom is -0.252 e. The van der Waals surface area contributed by atoms with Crippen molar-refractivity contribution < 1.29 is 4.39 Å². The number of fused-ring (bicyclic) bond motifs is 1. The highest BCUT2D eigenvalue weighted by Gasteiger charge is 2.13. The molecule has 1 aromatic carbocycles. The van der Waals surface area contributed by atoms with Gasteiger partial charge in [-0.1, -0.05) is 25.4 Å². The molecule has 4 heteroatoms. The zero-order valence-electron chi connectivity index (χ0n) is 8.89. The van der Waals surface area contributed by atoms with Gasteiger partial charge in [0.15, 0.2) is 5.82 Å². The fourth-order valence-corrected chi connectivity index (χ4v) is 2.79. The number of rotatable bonds is 1. The molecule has 2 rings (SSSR count). The van der Waals surface area contributed by atoms with Crippen molar-refractivity contribution in [3.8, 4) is 0 Å². The third kappa shape index (κ3) is 1.94. The first-order chi connectivity index (χ1) is 7.50. The largest absolute Gasteiger partial charge is 0.252 e. The van der Waals surface area contributed by atoms with Crippen LogP contribution >= 0.6 is 27.5 Å². The number of hydrogen-bond donors (Lipinski definition) is 0. The molecular formula is C12H10BrClFN. The molecule has 16 heavy (non-hydrogen) atoms. The lowest BCUT2D eigenvalue weighted by molar-refractivity contribution is 0.636. The number of aromatic nitrogens is 1. The van der Waals surface area contributed by atoms with Crippen LogP contribution < -0.4 is 0 Å². The average molecular weight is 303 g/mol. The van der Waals surface area contributed by atoms with Crippen molar-refractivity contribution in [2.24, 2.45) is 0 Å². The number of benzene rings is 1. The van der Waals surface area contributed by atoms with Gasteiger partial charge in [0.2, 0.25) is 0 Å². The Kier molecular flexibility index (Phi) is 3.17. The molecule has 84 valence electrons. The van der Waals surface area contributed by atoms with Gasteiger partial charge in [-0.05, 0) is 39.5 Å². The molecular weight excluding hydrogens is 292 g/mol. The van der Waals surface area contributed by atoms with E-state index in [1.165, 1.54) is 6.07 Å². The van der Waals surface area contributed by atoms with Crippen molar-refractivity contribution >= 4 is 38.4 Å². The Balaban J connectivity index is 2.91. The molecule has 1 aromatic heterocycles. The van der Waals surface area contributed by atoms with Crippen molar-refractivity contribution in [2.75, 3.05) is 0 Å². The first-order valence-corrected chi connectivity index (χ1v) is 6.11. The lowest BCUT2D eigenvalue weighted by Gasteiger charge is -2.12. The maximum atomic E-state index is 13.7. The van der Waals surface area contributed by atoms with E-state index in [1.54, 1.807) is 12.3 Å². The molecule has 0 unspecified atom stereocenters. The molecule has 0 fully saturated rings. The summed E-state index contributed by atoms with van der Waals surface area (Å²) in [5, 5.41) is 1.17. The van der Waals surface area contributed by atoms with E-state index in [-0.39, 0.29) is 11.7 Å². The summed E-state index contributed by atoms with van der Waals surface area (Å²) < 4.78 is 14.5. The van der Waals surface area contributed by atoms with Crippen LogP contribution in [0, 0.1) is 5.82 Å². The quantitative estimate of drug-likeness (QED) is 0.729. The van der Waals surface area contributed by atoms with E-state index in [9.17, 15) is 4.39 Å². The maximum Gasteiger partial charge on any atom is 0.150 e. The molecule has 0 radical (unpaired) electrons. The molecule has 0 spiro atoms. The van der Waals surface area contributed by atoms with Gasteiger partial charge in [0.05, 0.1) is 0 Å². The first kappa shape index (κ1) is 11.8. The van der Waals surface area contributed by atoms with E-state index < -0.39 is 0 Å². The van der Waals surface area contributed by atoms with Crippen LogP contribution in [-0.4, -0.2) is 4.98 Å². The summed E-state index contributed by atoms with van der Waals surface area (Å²) in [7, 11) is 0. The molecule has 0 aliphatic rings. The van der Waals surface area contributed by atoms with Crippen molar-refractivity contribution in [3.63, 3.8) is 0 Å². The van der Waals surface area contributed by atoms with Crippen LogP contribution in [0.25, 0.3) is 10.9 Å². The molecule has 0 saturated carbocycles. The van der Waals surface area contributed by atoms with Gasteiger partial charge in [0, 0.05) is 21.1 Å². The van der Waals surface area contributed by atoms with Gasteiger partial charge >= 0.3 is 0 Å². The third-order valence-corrected chi connectivity index (χ3v) is 3.31. The molecule has 0 atom stereocenters. The predicted octanol–water partition coefficient (Wildman–Crippen LogP) is 4.91. The summed E-state index contributed by atoms with van der Waals surface area (Å²) in [5.74, 6) is -0.102. The SMILES string of the molecule is CC(C)c1c(Br)cnc2c(F)cc(Cl)cc12. The van der Waals surface area contributed by atoms with Crippen LogP contribution in [0.5, 0.6) is 0 Å². The monoisotopic (exact) mass is 301 g/mol. The van der Waals surface area contributed by atoms with E-state index in [1.807, 2.05) is 0 Å². The Labute approximate surface area is 107 Å². The summed E-state index contributed by atoms with van der Waals surface area (Å²) in [6.07, 6.45) is 1.63. The number of halogens is 3. The smallest absolute Gasteiger partial charge is 0.150 e. The Morgan fingerprint density at radius 3 is 2.69 bits per heavy atom. The molecule has 1 heterocycles. The second-order valence-corrected chi connectivity index (χ2v) is 5.25. The van der Waals surface area contributed by atoms with E-state index in [0.29, 0.717) is 10.5 Å². The average Bonchev–Trinajstić information content (AvgIpc) is 2.15. The number of hydrogen-bond acceptors (Lipinski definition) is 1. The Bertz CT molecular complexity index is 554. The molecule has 0 N–H and O–H groups in total. The minimum absolute atomic E-state index is 0.276. The number of pyridine rings is 1. The molecule has 0 aliphatic heterocycles. The zero-order valence-corrected chi connectivity index (χ0v) is 11.2. The van der Waals surface area contributed by atoms with E-state index in [2.05, 4.69) is 34.8 Å². The Morgan fingerprint density at radius 2 is 2.06 bits per heavy atom. The lowest BCUT2D eigenvalue weighted by Crippen LogP contribution is -1.95. The van der Waals surface area contributed by atoms with Crippen LogP contribution in [0.15, 0.2) is 22.8 Å². The summed E-state index contributed by atoms with van der Waals surface area (Å²) in [6, 6.07) is 3.04. The minimum atomic E-state index is -0.378. The fourth-order valence-electron chi connectivity index (χ4n) is 1.81. The van der Waals surface area contributed by atoms with Gasteiger partial charge in [-0.2, -0.15) is 0 Å². The van der Waals surface area contributed by atoms with Crippen LogP contribution in [0.3, 0.4) is 0 Å². The molecule has 1 nitrogen and oxygen atoms in total. The van der Waals surface area contributed by atoms with Gasteiger partial charge in [-0.3, -0.25) is 4.98 Å². The highest BCUT2D eigenvalue weighted by atomic mass is 79.9. The second-order valence-electron chi connectivity index (χ2n) is 3.96. The predicted molar refractivity (Wildman–Crippen MR) is 68.5 cm³/mol. The van der Waals surface area contributed by atoms with Crippen molar-refractivity contribution in [2.45, 2.75) is 19.8 Å². The van der Waals surface area contributed by atoms with Crippen LogP contribution in [0.2, 0.25) is 5.02 Å².